The maximum absolute atomic E-state index is 11.1. The van der Waals surface area contributed by atoms with Crippen molar-refractivity contribution in [1.29, 1.82) is 0 Å². The first-order chi connectivity index (χ1) is 8.89. The Morgan fingerprint density at radius 3 is 2.11 bits per heavy atom. The SMILES string of the molecule is CCCCCCCCC(CO)(CO)COP(=O)(O)[SeH]. The van der Waals surface area contributed by atoms with E-state index in [1.165, 1.54) is 19.3 Å². The van der Waals surface area contributed by atoms with Crippen LogP contribution in [0.25, 0.3) is 0 Å². The fourth-order valence-electron chi connectivity index (χ4n) is 1.87. The predicted octanol–water partition coefficient (Wildman–Crippen LogP) is 1.73. The molecule has 3 N–H and O–H groups in total. The van der Waals surface area contributed by atoms with E-state index in [4.69, 9.17) is 9.42 Å². The van der Waals surface area contributed by atoms with E-state index in [9.17, 15) is 14.8 Å². The molecule has 0 aliphatic carbocycles. The van der Waals surface area contributed by atoms with Gasteiger partial charge in [-0.15, -0.1) is 0 Å². The zero-order valence-electron chi connectivity index (χ0n) is 11.6. The summed E-state index contributed by atoms with van der Waals surface area (Å²) in [6.07, 6.45) is 3.67. The van der Waals surface area contributed by atoms with E-state index >= 15 is 0 Å². The van der Waals surface area contributed by atoms with Crippen LogP contribution in [-0.2, 0) is 9.09 Å². The van der Waals surface area contributed by atoms with Crippen LogP contribution in [0.3, 0.4) is 0 Å². The summed E-state index contributed by atoms with van der Waals surface area (Å²) in [5, 5.41) is 18.8. The van der Waals surface area contributed by atoms with Gasteiger partial charge >= 0.3 is 123 Å². The van der Waals surface area contributed by atoms with Gasteiger partial charge in [0.1, 0.15) is 0 Å². The van der Waals surface area contributed by atoms with Crippen molar-refractivity contribution in [3.8, 4) is 0 Å². The molecule has 0 aromatic heterocycles. The van der Waals surface area contributed by atoms with Crippen molar-refractivity contribution in [1.82, 2.24) is 0 Å². The van der Waals surface area contributed by atoms with Gasteiger partial charge in [0.15, 0.2) is 0 Å². The fraction of sp³-hybridized carbons (Fsp3) is 1.00. The Kier molecular flexibility index (Phi) is 10.7. The molecule has 0 heterocycles. The Labute approximate surface area is 123 Å². The summed E-state index contributed by atoms with van der Waals surface area (Å²) < 4.78 is 15.9. The normalized spacial score (nSPS) is 15.4. The summed E-state index contributed by atoms with van der Waals surface area (Å²) in [6, 6.07) is 0. The van der Waals surface area contributed by atoms with Gasteiger partial charge in [0.05, 0.1) is 0 Å². The van der Waals surface area contributed by atoms with Crippen molar-refractivity contribution in [2.75, 3.05) is 19.8 Å². The van der Waals surface area contributed by atoms with Gasteiger partial charge in [0.2, 0.25) is 0 Å². The minimum absolute atomic E-state index is 0.0997. The van der Waals surface area contributed by atoms with Crippen molar-refractivity contribution in [2.45, 2.75) is 51.9 Å². The Hall–Kier alpha value is 0.589. The molecule has 0 spiro atoms. The van der Waals surface area contributed by atoms with Crippen LogP contribution in [0.15, 0.2) is 0 Å². The molecule has 19 heavy (non-hydrogen) atoms. The van der Waals surface area contributed by atoms with E-state index in [0.717, 1.165) is 19.3 Å². The van der Waals surface area contributed by atoms with Crippen LogP contribution < -0.4 is 0 Å². The minimum atomic E-state index is -3.63. The van der Waals surface area contributed by atoms with E-state index in [2.05, 4.69) is 6.92 Å². The molecule has 0 amide bonds. The molecule has 0 aliphatic rings. The van der Waals surface area contributed by atoms with Crippen LogP contribution in [0.1, 0.15) is 51.9 Å². The number of aliphatic hydroxyl groups is 2. The van der Waals surface area contributed by atoms with Crippen molar-refractivity contribution < 1.29 is 24.2 Å². The molecule has 7 heteroatoms. The van der Waals surface area contributed by atoms with Gasteiger partial charge in [-0.1, -0.05) is 0 Å². The molecule has 1 atom stereocenters. The van der Waals surface area contributed by atoms with Crippen molar-refractivity contribution in [2.24, 2.45) is 5.41 Å². The first-order valence-corrected chi connectivity index (χ1v) is 10.9. The van der Waals surface area contributed by atoms with Crippen LogP contribution in [-0.4, -0.2) is 50.5 Å². The first kappa shape index (κ1) is 19.6. The van der Waals surface area contributed by atoms with Gasteiger partial charge < -0.3 is 0 Å². The number of hydrogen-bond acceptors (Lipinski definition) is 4. The molecule has 116 valence electrons. The molecule has 0 saturated heterocycles. The molecule has 1 unspecified atom stereocenters. The molecular formula is C12H27O5PSe. The van der Waals surface area contributed by atoms with E-state index in [1.807, 2.05) is 0 Å². The molecule has 0 saturated carbocycles. The monoisotopic (exact) mass is 362 g/mol. The third kappa shape index (κ3) is 10.0. The second-order valence-electron chi connectivity index (χ2n) is 5.10. The Morgan fingerprint density at radius 1 is 1.11 bits per heavy atom. The number of aliphatic hydroxyl groups excluding tert-OH is 2. The summed E-state index contributed by atoms with van der Waals surface area (Å²) in [5.41, 5.74) is -0.816. The quantitative estimate of drug-likeness (QED) is 0.280. The van der Waals surface area contributed by atoms with E-state index in [0.29, 0.717) is 6.42 Å². The third-order valence-electron chi connectivity index (χ3n) is 3.27. The second kappa shape index (κ2) is 10.3. The van der Waals surface area contributed by atoms with Crippen molar-refractivity contribution in [3.63, 3.8) is 0 Å². The molecular weight excluding hydrogens is 334 g/mol. The summed E-state index contributed by atoms with van der Waals surface area (Å²) in [6.45, 7) is 1.57. The van der Waals surface area contributed by atoms with Gasteiger partial charge in [0.25, 0.3) is 0 Å². The number of hydrogen-bond donors (Lipinski definition) is 3. The van der Waals surface area contributed by atoms with Crippen LogP contribution in [0.2, 0.25) is 0 Å². The first-order valence-electron chi connectivity index (χ1n) is 6.81. The third-order valence-corrected chi connectivity index (χ3v) is 4.46. The Balaban J connectivity index is 4.05. The molecule has 0 aliphatic heterocycles. The average Bonchev–Trinajstić information content (AvgIpc) is 2.37. The van der Waals surface area contributed by atoms with E-state index < -0.39 is 11.7 Å². The Morgan fingerprint density at radius 2 is 1.63 bits per heavy atom. The van der Waals surface area contributed by atoms with Gasteiger partial charge in [-0.2, -0.15) is 0 Å². The zero-order chi connectivity index (χ0) is 14.8. The van der Waals surface area contributed by atoms with Crippen LogP contribution in [0, 0.1) is 5.41 Å². The summed E-state index contributed by atoms with van der Waals surface area (Å²) >= 11 is 1.58. The maximum atomic E-state index is 11.1. The Bertz CT molecular complexity index is 265. The molecule has 0 fully saturated rings. The summed E-state index contributed by atoms with van der Waals surface area (Å²) in [7, 11) is 0. The van der Waals surface area contributed by atoms with E-state index in [1.54, 1.807) is 15.6 Å². The zero-order valence-corrected chi connectivity index (χ0v) is 14.4. The molecule has 0 aromatic rings. The molecule has 0 radical (unpaired) electrons. The topological polar surface area (TPSA) is 87.0 Å². The van der Waals surface area contributed by atoms with Crippen molar-refractivity contribution >= 4 is 21.9 Å². The molecule has 0 bridgehead atoms. The summed E-state index contributed by atoms with van der Waals surface area (Å²) in [4.78, 5) is 9.08. The summed E-state index contributed by atoms with van der Waals surface area (Å²) in [5.74, 6) is 0. The molecule has 0 aromatic carbocycles. The van der Waals surface area contributed by atoms with Crippen LogP contribution in [0.5, 0.6) is 0 Å². The average molecular weight is 361 g/mol. The van der Waals surface area contributed by atoms with Crippen LogP contribution >= 0.6 is 6.29 Å². The molecule has 5 nitrogen and oxygen atoms in total. The van der Waals surface area contributed by atoms with Crippen molar-refractivity contribution in [3.05, 3.63) is 0 Å². The standard InChI is InChI=1S/C12H27O5PSe/c1-2-3-4-5-6-7-8-12(9-13,10-14)11-17-18(15,16)19/h13-14H,2-11H2,1H3,(H2,15,16,19). The fourth-order valence-corrected chi connectivity index (χ4v) is 2.68. The van der Waals surface area contributed by atoms with E-state index in [-0.39, 0.29) is 19.8 Å². The molecule has 0 rings (SSSR count). The number of unbranched alkanes of at least 4 members (excludes halogenated alkanes) is 5. The van der Waals surface area contributed by atoms with Crippen LogP contribution in [0.4, 0.5) is 0 Å². The van der Waals surface area contributed by atoms with Gasteiger partial charge in [-0.05, 0) is 0 Å². The second-order valence-corrected chi connectivity index (χ2v) is 9.52. The van der Waals surface area contributed by atoms with Gasteiger partial charge in [-0.25, -0.2) is 0 Å². The van der Waals surface area contributed by atoms with Gasteiger partial charge in [0, 0.05) is 0 Å². The van der Waals surface area contributed by atoms with Gasteiger partial charge in [-0.3, -0.25) is 0 Å². The predicted molar refractivity (Wildman–Crippen MR) is 77.5 cm³/mol. The number of rotatable bonds is 12.